The van der Waals surface area contributed by atoms with E-state index in [9.17, 15) is 0 Å². The maximum Gasteiger partial charge on any atom is 0.0716 e. The van der Waals surface area contributed by atoms with Gasteiger partial charge in [-0.2, -0.15) is 0 Å². The molecule has 5 rings (SSSR count). The van der Waals surface area contributed by atoms with Crippen LogP contribution in [0.1, 0.15) is 12.5 Å². The molecule has 1 aliphatic rings. The number of benzene rings is 3. The Balaban J connectivity index is 1.81. The number of hydrogen-bond acceptors (Lipinski definition) is 2. The van der Waals surface area contributed by atoms with Crippen molar-refractivity contribution in [3.8, 4) is 33.5 Å². The van der Waals surface area contributed by atoms with Gasteiger partial charge in [0, 0.05) is 21.6 Å². The summed E-state index contributed by atoms with van der Waals surface area (Å²) in [6, 6.07) is 28.3. The largest absolute Gasteiger partial charge is 0.256 e. The zero-order valence-corrected chi connectivity index (χ0v) is 16.0. The summed E-state index contributed by atoms with van der Waals surface area (Å²) in [6.07, 6.45) is 2.94. The first-order valence-corrected chi connectivity index (χ1v) is 10.1. The quantitative estimate of drug-likeness (QED) is 0.330. The van der Waals surface area contributed by atoms with Gasteiger partial charge < -0.3 is 0 Å². The van der Waals surface area contributed by atoms with Crippen molar-refractivity contribution in [1.29, 1.82) is 0 Å². The molecule has 3 aromatic carbocycles. The third-order valence-electron chi connectivity index (χ3n) is 5.13. The van der Waals surface area contributed by atoms with Crippen LogP contribution in [0.3, 0.4) is 0 Å². The van der Waals surface area contributed by atoms with Crippen LogP contribution in [0.2, 0.25) is 0 Å². The van der Waals surface area contributed by atoms with E-state index in [0.29, 0.717) is 0 Å². The van der Waals surface area contributed by atoms with Crippen LogP contribution >= 0.6 is 11.8 Å². The van der Waals surface area contributed by atoms with Crippen molar-refractivity contribution < 1.29 is 0 Å². The summed E-state index contributed by atoms with van der Waals surface area (Å²) in [6.45, 7) is 2.19. The zero-order chi connectivity index (χ0) is 18.2. The van der Waals surface area contributed by atoms with Crippen molar-refractivity contribution in [3.63, 3.8) is 0 Å². The van der Waals surface area contributed by atoms with Crippen molar-refractivity contribution in [3.05, 3.63) is 90.6 Å². The summed E-state index contributed by atoms with van der Waals surface area (Å²) < 4.78 is 0. The number of aryl methyl sites for hydroxylation is 1. The molecule has 0 radical (unpaired) electrons. The molecule has 2 heteroatoms. The Morgan fingerprint density at radius 3 is 2.19 bits per heavy atom. The molecule has 1 nitrogen and oxygen atoms in total. The van der Waals surface area contributed by atoms with Gasteiger partial charge in [-0.25, -0.2) is 0 Å². The predicted octanol–water partition coefficient (Wildman–Crippen LogP) is 7.11. The maximum atomic E-state index is 4.69. The van der Waals surface area contributed by atoms with Crippen molar-refractivity contribution in [1.82, 2.24) is 4.98 Å². The van der Waals surface area contributed by atoms with Crippen LogP contribution in [0.25, 0.3) is 33.5 Å². The van der Waals surface area contributed by atoms with Gasteiger partial charge in [0.05, 0.1) is 5.69 Å². The van der Waals surface area contributed by atoms with Crippen molar-refractivity contribution in [2.24, 2.45) is 0 Å². The van der Waals surface area contributed by atoms with Crippen LogP contribution in [-0.4, -0.2) is 4.98 Å². The van der Waals surface area contributed by atoms with Crippen LogP contribution in [0.4, 0.5) is 0 Å². The Morgan fingerprint density at radius 2 is 1.37 bits per heavy atom. The Kier molecular flexibility index (Phi) is 4.06. The molecule has 2 heterocycles. The van der Waals surface area contributed by atoms with Gasteiger partial charge in [0.25, 0.3) is 0 Å². The highest BCUT2D eigenvalue weighted by Crippen LogP contribution is 2.50. The molecule has 1 aromatic heterocycles. The summed E-state index contributed by atoms with van der Waals surface area (Å²) in [5.74, 6) is 0. The fourth-order valence-electron chi connectivity index (χ4n) is 3.74. The maximum absolute atomic E-state index is 4.69. The molecule has 27 heavy (non-hydrogen) atoms. The normalized spacial score (nSPS) is 11.9. The van der Waals surface area contributed by atoms with E-state index >= 15 is 0 Å². The zero-order valence-electron chi connectivity index (χ0n) is 15.1. The second-order valence-electron chi connectivity index (χ2n) is 6.73. The Hall–Kier alpha value is -2.84. The first-order chi connectivity index (χ1) is 13.3. The highest BCUT2D eigenvalue weighted by molar-refractivity contribution is 7.99. The van der Waals surface area contributed by atoms with Crippen LogP contribution in [-0.2, 0) is 6.42 Å². The van der Waals surface area contributed by atoms with E-state index in [4.69, 9.17) is 4.98 Å². The fraction of sp³-hybridized carbons (Fsp3) is 0.0800. The van der Waals surface area contributed by atoms with Crippen LogP contribution < -0.4 is 0 Å². The van der Waals surface area contributed by atoms with E-state index in [1.165, 1.54) is 43.2 Å². The minimum Gasteiger partial charge on any atom is -0.256 e. The first-order valence-electron chi connectivity index (χ1n) is 9.30. The number of nitrogens with zero attached hydrogens (tertiary/aromatic N) is 1. The van der Waals surface area contributed by atoms with Crippen molar-refractivity contribution in [2.45, 2.75) is 23.1 Å². The smallest absolute Gasteiger partial charge is 0.0716 e. The lowest BCUT2D eigenvalue weighted by Gasteiger charge is -2.13. The Bertz CT molecular complexity index is 1150. The number of fused-ring (bicyclic) bond motifs is 5. The molecule has 1 aliphatic heterocycles. The first kappa shape index (κ1) is 16.3. The topological polar surface area (TPSA) is 12.9 Å². The highest BCUT2D eigenvalue weighted by Gasteiger charge is 2.22. The van der Waals surface area contributed by atoms with E-state index in [1.807, 2.05) is 18.0 Å². The standard InChI is InChI=1S/C25H19NS/c1-2-17-14-15-26-23(16-17)22-12-7-11-21-19-9-4-3-8-18(19)20-10-5-6-13-24(20)27-25(21)22/h3-16H,2H2,1H3. The molecule has 0 spiro atoms. The molecule has 0 amide bonds. The molecule has 0 fully saturated rings. The van der Waals surface area contributed by atoms with Crippen LogP contribution in [0.5, 0.6) is 0 Å². The van der Waals surface area contributed by atoms with Gasteiger partial charge in [0.15, 0.2) is 0 Å². The fourth-order valence-corrected chi connectivity index (χ4v) is 4.97. The molecule has 0 saturated carbocycles. The summed E-state index contributed by atoms with van der Waals surface area (Å²) >= 11 is 1.85. The van der Waals surface area contributed by atoms with E-state index in [2.05, 4.69) is 85.8 Å². The summed E-state index contributed by atoms with van der Waals surface area (Å²) in [5, 5.41) is 0. The SMILES string of the molecule is CCc1ccnc(-c2cccc3c2Sc2ccccc2-c2ccccc2-3)c1. The molecular formula is C25H19NS. The van der Waals surface area contributed by atoms with Gasteiger partial charge in [-0.15, -0.1) is 0 Å². The van der Waals surface area contributed by atoms with Gasteiger partial charge in [0.2, 0.25) is 0 Å². The third-order valence-corrected chi connectivity index (χ3v) is 6.35. The Labute approximate surface area is 164 Å². The van der Waals surface area contributed by atoms with Crippen molar-refractivity contribution >= 4 is 11.8 Å². The van der Waals surface area contributed by atoms with Gasteiger partial charge in [-0.05, 0) is 52.4 Å². The van der Waals surface area contributed by atoms with E-state index in [-0.39, 0.29) is 0 Å². The number of hydrogen-bond donors (Lipinski definition) is 0. The number of pyridine rings is 1. The van der Waals surface area contributed by atoms with Gasteiger partial charge >= 0.3 is 0 Å². The summed E-state index contributed by atoms with van der Waals surface area (Å²) in [5.41, 5.74) is 8.75. The second kappa shape index (κ2) is 6.71. The number of rotatable bonds is 2. The average molecular weight is 366 g/mol. The van der Waals surface area contributed by atoms with E-state index in [1.54, 1.807) is 0 Å². The van der Waals surface area contributed by atoms with Crippen molar-refractivity contribution in [2.75, 3.05) is 0 Å². The molecule has 0 unspecified atom stereocenters. The molecule has 0 bridgehead atoms. The van der Waals surface area contributed by atoms with Crippen LogP contribution in [0.15, 0.2) is 94.9 Å². The van der Waals surface area contributed by atoms with Gasteiger partial charge in [0.1, 0.15) is 0 Å². The molecular weight excluding hydrogens is 346 g/mol. The summed E-state index contributed by atoms with van der Waals surface area (Å²) in [7, 11) is 0. The lowest BCUT2D eigenvalue weighted by Crippen LogP contribution is -1.91. The monoisotopic (exact) mass is 365 g/mol. The molecule has 0 aliphatic carbocycles. The molecule has 0 saturated heterocycles. The lowest BCUT2D eigenvalue weighted by molar-refractivity contribution is 1.12. The van der Waals surface area contributed by atoms with E-state index < -0.39 is 0 Å². The van der Waals surface area contributed by atoms with Gasteiger partial charge in [-0.3, -0.25) is 4.98 Å². The number of aromatic nitrogens is 1. The average Bonchev–Trinajstić information content (AvgIpc) is 2.88. The summed E-state index contributed by atoms with van der Waals surface area (Å²) in [4.78, 5) is 7.28. The molecule has 130 valence electrons. The van der Waals surface area contributed by atoms with Crippen LogP contribution in [0, 0.1) is 0 Å². The highest BCUT2D eigenvalue weighted by atomic mass is 32.2. The third kappa shape index (κ3) is 2.77. The minimum atomic E-state index is 1.02. The Morgan fingerprint density at radius 1 is 0.704 bits per heavy atom. The van der Waals surface area contributed by atoms with Gasteiger partial charge in [-0.1, -0.05) is 79.3 Å². The minimum absolute atomic E-state index is 1.02. The molecule has 0 N–H and O–H groups in total. The lowest BCUT2D eigenvalue weighted by atomic mass is 9.93. The van der Waals surface area contributed by atoms with E-state index in [0.717, 1.165) is 12.1 Å². The second-order valence-corrected chi connectivity index (χ2v) is 7.78. The molecule has 4 aromatic rings. The predicted molar refractivity (Wildman–Crippen MR) is 114 cm³/mol. The molecule has 0 atom stereocenters.